The van der Waals surface area contributed by atoms with Crippen molar-refractivity contribution in [3.63, 3.8) is 0 Å². The fourth-order valence-corrected chi connectivity index (χ4v) is 3.54. The third-order valence-electron chi connectivity index (χ3n) is 4.28. The minimum absolute atomic E-state index is 0.0507. The Balaban J connectivity index is 2.06. The normalized spacial score (nSPS) is 17.1. The van der Waals surface area contributed by atoms with Crippen LogP contribution in [0.15, 0.2) is 0 Å². The number of nitrogens with zero attached hydrogens (tertiary/aromatic N) is 1. The summed E-state index contributed by atoms with van der Waals surface area (Å²) in [6.45, 7) is 7.75. The number of aromatic nitrogens is 1. The van der Waals surface area contributed by atoms with E-state index in [1.165, 1.54) is 0 Å². The Hall–Kier alpha value is -1.43. The van der Waals surface area contributed by atoms with E-state index >= 15 is 0 Å². The molecule has 1 aliphatic rings. The summed E-state index contributed by atoms with van der Waals surface area (Å²) < 4.78 is 0. The van der Waals surface area contributed by atoms with Crippen molar-refractivity contribution < 1.29 is 14.7 Å². The Morgan fingerprint density at radius 2 is 2.00 bits per heavy atom. The number of nitrogens with one attached hydrogen (secondary N) is 1. The fraction of sp³-hybridized carbons (Fsp3) is 0.667. The predicted molar refractivity (Wildman–Crippen MR) is 81.3 cm³/mol. The average molecular weight is 310 g/mol. The zero-order chi connectivity index (χ0) is 15.8. The number of rotatable bonds is 5. The molecule has 0 atom stereocenters. The quantitative estimate of drug-likeness (QED) is 0.876. The van der Waals surface area contributed by atoms with E-state index in [1.807, 2.05) is 27.7 Å². The molecule has 0 unspecified atom stereocenters. The van der Waals surface area contributed by atoms with E-state index in [1.54, 1.807) is 11.3 Å². The molecule has 21 heavy (non-hydrogen) atoms. The molecule has 0 spiro atoms. The van der Waals surface area contributed by atoms with E-state index in [-0.39, 0.29) is 12.3 Å². The first kappa shape index (κ1) is 15.9. The molecule has 2 rings (SSSR count). The van der Waals surface area contributed by atoms with E-state index < -0.39 is 16.9 Å². The highest BCUT2D eigenvalue weighted by molar-refractivity contribution is 7.11. The zero-order valence-electron chi connectivity index (χ0n) is 12.9. The second kappa shape index (κ2) is 5.40. The Bertz CT molecular complexity index is 554. The molecule has 5 nitrogen and oxygen atoms in total. The summed E-state index contributed by atoms with van der Waals surface area (Å²) in [4.78, 5) is 29.2. The van der Waals surface area contributed by atoms with Crippen LogP contribution in [0.3, 0.4) is 0 Å². The van der Waals surface area contributed by atoms with Crippen molar-refractivity contribution in [1.29, 1.82) is 0 Å². The van der Waals surface area contributed by atoms with E-state index in [0.29, 0.717) is 12.8 Å². The number of carboxylic acids is 1. The molecule has 0 saturated heterocycles. The van der Waals surface area contributed by atoms with Gasteiger partial charge in [-0.15, -0.1) is 11.3 Å². The number of hydrogen-bond donors (Lipinski definition) is 2. The Labute approximate surface area is 128 Å². The van der Waals surface area contributed by atoms with Gasteiger partial charge in [0.15, 0.2) is 0 Å². The van der Waals surface area contributed by atoms with Gasteiger partial charge in [0.2, 0.25) is 5.91 Å². The second-order valence-electron chi connectivity index (χ2n) is 6.45. The van der Waals surface area contributed by atoms with Crippen molar-refractivity contribution in [3.8, 4) is 0 Å². The van der Waals surface area contributed by atoms with Gasteiger partial charge in [0.1, 0.15) is 5.01 Å². The summed E-state index contributed by atoms with van der Waals surface area (Å²) in [7, 11) is 0. The number of hydrogen-bond acceptors (Lipinski definition) is 4. The number of carbonyl (C=O) groups is 2. The predicted octanol–water partition coefficient (Wildman–Crippen LogP) is 2.76. The van der Waals surface area contributed by atoms with E-state index in [9.17, 15) is 14.7 Å². The summed E-state index contributed by atoms with van der Waals surface area (Å²) in [5, 5.41) is 13.1. The number of amides is 1. The van der Waals surface area contributed by atoms with Crippen LogP contribution in [-0.2, 0) is 15.1 Å². The lowest BCUT2D eigenvalue weighted by Gasteiger charge is -2.37. The molecule has 0 radical (unpaired) electrons. The van der Waals surface area contributed by atoms with Crippen molar-refractivity contribution in [2.75, 3.05) is 0 Å². The van der Waals surface area contributed by atoms with Crippen LogP contribution in [0.1, 0.15) is 55.1 Å². The lowest BCUT2D eigenvalue weighted by Crippen LogP contribution is -2.47. The van der Waals surface area contributed by atoms with Crippen molar-refractivity contribution in [2.45, 2.75) is 58.9 Å². The summed E-state index contributed by atoms with van der Waals surface area (Å²) in [5.74, 6) is -1.07. The van der Waals surface area contributed by atoms with Gasteiger partial charge in [0.25, 0.3) is 0 Å². The monoisotopic (exact) mass is 310 g/mol. The third-order valence-corrected chi connectivity index (χ3v) is 5.67. The zero-order valence-corrected chi connectivity index (χ0v) is 13.8. The fourth-order valence-electron chi connectivity index (χ4n) is 2.56. The SMILES string of the molecule is Cc1nc(C(C)(C)NC(=O)CC2(C(=O)O)CCC2)sc1C. The molecule has 1 heterocycles. The molecular formula is C15H22N2O3S. The van der Waals surface area contributed by atoms with Crippen molar-refractivity contribution in [1.82, 2.24) is 10.3 Å². The lowest BCUT2D eigenvalue weighted by atomic mass is 9.66. The molecule has 0 bridgehead atoms. The molecule has 1 aliphatic carbocycles. The second-order valence-corrected chi connectivity index (χ2v) is 7.65. The largest absolute Gasteiger partial charge is 0.481 e. The van der Waals surface area contributed by atoms with Crippen LogP contribution in [0.4, 0.5) is 0 Å². The minimum Gasteiger partial charge on any atom is -0.481 e. The summed E-state index contributed by atoms with van der Waals surface area (Å²) in [5.41, 5.74) is -0.461. The van der Waals surface area contributed by atoms with Crippen LogP contribution in [-0.4, -0.2) is 22.0 Å². The highest BCUT2D eigenvalue weighted by atomic mass is 32.1. The van der Waals surface area contributed by atoms with E-state index in [2.05, 4.69) is 10.3 Å². The number of carbonyl (C=O) groups excluding carboxylic acids is 1. The van der Waals surface area contributed by atoms with Crippen LogP contribution in [0.2, 0.25) is 0 Å². The van der Waals surface area contributed by atoms with Gasteiger partial charge in [-0.2, -0.15) is 0 Å². The number of carboxylic acid groups (broad SMARTS) is 1. The summed E-state index contributed by atoms with van der Waals surface area (Å²) in [6, 6.07) is 0. The third kappa shape index (κ3) is 3.10. The smallest absolute Gasteiger partial charge is 0.310 e. The van der Waals surface area contributed by atoms with Gasteiger partial charge in [-0.1, -0.05) is 6.42 Å². The van der Waals surface area contributed by atoms with Crippen molar-refractivity contribution >= 4 is 23.2 Å². The molecule has 6 heteroatoms. The maximum Gasteiger partial charge on any atom is 0.310 e. The summed E-state index contributed by atoms with van der Waals surface area (Å²) in [6.07, 6.45) is 2.11. The molecule has 1 aromatic heterocycles. The van der Waals surface area contributed by atoms with Gasteiger partial charge < -0.3 is 10.4 Å². The maximum absolute atomic E-state index is 12.2. The molecule has 1 aromatic rings. The lowest BCUT2D eigenvalue weighted by molar-refractivity contribution is -0.157. The minimum atomic E-state index is -0.859. The summed E-state index contributed by atoms with van der Waals surface area (Å²) >= 11 is 1.57. The first-order valence-corrected chi connectivity index (χ1v) is 7.97. The van der Waals surface area contributed by atoms with Gasteiger partial charge in [0.05, 0.1) is 16.6 Å². The van der Waals surface area contributed by atoms with Gasteiger partial charge in [0, 0.05) is 11.3 Å². The molecule has 1 amide bonds. The number of aliphatic carboxylic acids is 1. The molecule has 0 aromatic carbocycles. The van der Waals surface area contributed by atoms with E-state index in [4.69, 9.17) is 0 Å². The van der Waals surface area contributed by atoms with Gasteiger partial charge in [-0.25, -0.2) is 4.98 Å². The average Bonchev–Trinajstić information content (AvgIpc) is 2.64. The van der Waals surface area contributed by atoms with Gasteiger partial charge in [-0.05, 0) is 40.5 Å². The highest BCUT2D eigenvalue weighted by Crippen LogP contribution is 2.44. The van der Waals surface area contributed by atoms with Crippen LogP contribution in [0.25, 0.3) is 0 Å². The molecule has 1 fully saturated rings. The highest BCUT2D eigenvalue weighted by Gasteiger charge is 2.46. The maximum atomic E-state index is 12.2. The van der Waals surface area contributed by atoms with Crippen molar-refractivity contribution in [3.05, 3.63) is 15.6 Å². The first-order valence-electron chi connectivity index (χ1n) is 7.15. The number of thiazole rings is 1. The number of aryl methyl sites for hydroxylation is 2. The van der Waals surface area contributed by atoms with Crippen LogP contribution in [0, 0.1) is 19.3 Å². The van der Waals surface area contributed by atoms with Gasteiger partial charge >= 0.3 is 5.97 Å². The Kier molecular flexibility index (Phi) is 4.10. The molecule has 2 N–H and O–H groups in total. The van der Waals surface area contributed by atoms with E-state index in [0.717, 1.165) is 22.0 Å². The molecule has 0 aliphatic heterocycles. The molecule has 116 valence electrons. The van der Waals surface area contributed by atoms with Gasteiger partial charge in [-0.3, -0.25) is 9.59 Å². The Morgan fingerprint density at radius 3 is 2.38 bits per heavy atom. The molecular weight excluding hydrogens is 288 g/mol. The first-order chi connectivity index (χ1) is 9.66. The standard InChI is InChI=1S/C15H22N2O3S/c1-9-10(2)21-12(16-9)14(3,4)17-11(18)8-15(13(19)20)6-5-7-15/h5-8H2,1-4H3,(H,17,18)(H,19,20). The van der Waals surface area contributed by atoms with Crippen LogP contribution < -0.4 is 5.32 Å². The Morgan fingerprint density at radius 1 is 1.38 bits per heavy atom. The van der Waals surface area contributed by atoms with Crippen LogP contribution in [0.5, 0.6) is 0 Å². The van der Waals surface area contributed by atoms with Crippen molar-refractivity contribution in [2.24, 2.45) is 5.41 Å². The van der Waals surface area contributed by atoms with Crippen LogP contribution >= 0.6 is 11.3 Å². The topological polar surface area (TPSA) is 79.3 Å². The molecule has 1 saturated carbocycles.